The zero-order chi connectivity index (χ0) is 12.1. The molecule has 0 aliphatic carbocycles. The summed E-state index contributed by atoms with van der Waals surface area (Å²) in [5, 5.41) is 8.66. The van der Waals surface area contributed by atoms with E-state index in [-0.39, 0.29) is 5.75 Å². The minimum atomic E-state index is -0.606. The van der Waals surface area contributed by atoms with E-state index in [0.29, 0.717) is 12.3 Å². The topological polar surface area (TPSA) is 49.8 Å². The number of aliphatic hydroxyl groups is 1. The molecule has 0 aromatic heterocycles. The van der Waals surface area contributed by atoms with Crippen molar-refractivity contribution in [2.24, 2.45) is 0 Å². The Morgan fingerprint density at radius 1 is 1.56 bits per heavy atom. The first kappa shape index (κ1) is 12.4. The van der Waals surface area contributed by atoms with E-state index >= 15 is 0 Å². The summed E-state index contributed by atoms with van der Waals surface area (Å²) in [6.07, 6.45) is 0. The Hall–Kier alpha value is -1.62. The van der Waals surface area contributed by atoms with Crippen LogP contribution in [0.2, 0.25) is 0 Å². The van der Waals surface area contributed by atoms with Crippen LogP contribution >= 0.6 is 0 Å². The van der Waals surface area contributed by atoms with Crippen molar-refractivity contribution >= 4 is 11.6 Å². The van der Waals surface area contributed by atoms with Gasteiger partial charge in [-0.3, -0.25) is 4.79 Å². The minimum absolute atomic E-state index is 0.149. The van der Waals surface area contributed by atoms with E-state index in [1.165, 1.54) is 24.1 Å². The van der Waals surface area contributed by atoms with Gasteiger partial charge in [-0.2, -0.15) is 0 Å². The molecule has 0 bridgehead atoms. The Balaban J connectivity index is 2.92. The van der Waals surface area contributed by atoms with Gasteiger partial charge in [0.05, 0.1) is 6.61 Å². The van der Waals surface area contributed by atoms with E-state index in [1.807, 2.05) is 0 Å². The van der Waals surface area contributed by atoms with Crippen molar-refractivity contribution in [1.82, 2.24) is 0 Å². The van der Waals surface area contributed by atoms with Crippen molar-refractivity contribution in [3.63, 3.8) is 0 Å². The first-order valence-electron chi connectivity index (χ1n) is 4.90. The normalized spacial score (nSPS) is 10.0. The fourth-order valence-electron chi connectivity index (χ4n) is 1.22. The summed E-state index contributed by atoms with van der Waals surface area (Å²) >= 11 is 0. The number of ether oxygens (including phenoxy) is 1. The molecule has 0 aliphatic heterocycles. The quantitative estimate of drug-likeness (QED) is 0.840. The van der Waals surface area contributed by atoms with Crippen molar-refractivity contribution in [3.8, 4) is 5.75 Å². The Kier molecular flexibility index (Phi) is 4.25. The van der Waals surface area contributed by atoms with Gasteiger partial charge in [-0.05, 0) is 19.1 Å². The molecule has 4 nitrogen and oxygen atoms in total. The van der Waals surface area contributed by atoms with Gasteiger partial charge in [0.2, 0.25) is 0 Å². The van der Waals surface area contributed by atoms with Gasteiger partial charge in [0.1, 0.15) is 6.61 Å². The first-order valence-corrected chi connectivity index (χ1v) is 4.90. The molecule has 1 rings (SSSR count). The van der Waals surface area contributed by atoms with Crippen LogP contribution in [0, 0.1) is 5.82 Å². The largest absolute Gasteiger partial charge is 0.491 e. The van der Waals surface area contributed by atoms with Crippen LogP contribution in [0.5, 0.6) is 5.75 Å². The highest BCUT2D eigenvalue weighted by Crippen LogP contribution is 2.23. The van der Waals surface area contributed by atoms with Crippen LogP contribution in [0.4, 0.5) is 10.1 Å². The van der Waals surface area contributed by atoms with Crippen molar-refractivity contribution in [3.05, 3.63) is 24.0 Å². The second-order valence-electron chi connectivity index (χ2n) is 3.16. The molecule has 1 aromatic rings. The Bertz CT molecular complexity index is 381. The fraction of sp³-hybridized carbons (Fsp3) is 0.364. The molecule has 0 spiro atoms. The van der Waals surface area contributed by atoms with Gasteiger partial charge in [0.15, 0.2) is 11.6 Å². The molecule has 1 aromatic carbocycles. The van der Waals surface area contributed by atoms with Gasteiger partial charge in [-0.15, -0.1) is 0 Å². The lowest BCUT2D eigenvalue weighted by molar-refractivity contribution is -0.120. The van der Waals surface area contributed by atoms with E-state index in [1.54, 1.807) is 13.0 Å². The molecule has 5 heteroatoms. The molecular formula is C11H14FNO3. The van der Waals surface area contributed by atoms with E-state index in [2.05, 4.69) is 0 Å². The van der Waals surface area contributed by atoms with E-state index in [0.717, 1.165) is 0 Å². The van der Waals surface area contributed by atoms with Gasteiger partial charge in [0, 0.05) is 18.8 Å². The highest BCUT2D eigenvalue weighted by Gasteiger charge is 2.12. The van der Waals surface area contributed by atoms with Crippen LogP contribution < -0.4 is 9.64 Å². The lowest BCUT2D eigenvalue weighted by atomic mass is 10.2. The molecule has 0 saturated heterocycles. The minimum Gasteiger partial charge on any atom is -0.491 e. The number of nitrogens with zero attached hydrogens (tertiary/aromatic N) is 1. The maximum Gasteiger partial charge on any atom is 0.252 e. The number of benzene rings is 1. The highest BCUT2D eigenvalue weighted by molar-refractivity contribution is 5.93. The van der Waals surface area contributed by atoms with Gasteiger partial charge < -0.3 is 14.7 Å². The monoisotopic (exact) mass is 227 g/mol. The molecule has 0 heterocycles. The molecular weight excluding hydrogens is 213 g/mol. The van der Waals surface area contributed by atoms with E-state index < -0.39 is 18.3 Å². The summed E-state index contributed by atoms with van der Waals surface area (Å²) in [5.74, 6) is -0.878. The summed E-state index contributed by atoms with van der Waals surface area (Å²) in [6, 6.07) is 4.20. The zero-order valence-corrected chi connectivity index (χ0v) is 9.24. The average molecular weight is 227 g/mol. The lowest BCUT2D eigenvalue weighted by Crippen LogP contribution is -2.28. The number of hydrogen-bond donors (Lipinski definition) is 1. The smallest absolute Gasteiger partial charge is 0.252 e. The van der Waals surface area contributed by atoms with E-state index in [4.69, 9.17) is 9.84 Å². The molecule has 16 heavy (non-hydrogen) atoms. The van der Waals surface area contributed by atoms with Crippen LogP contribution in [-0.4, -0.2) is 31.3 Å². The van der Waals surface area contributed by atoms with Crippen molar-refractivity contribution < 1.29 is 19.0 Å². The molecule has 0 fully saturated rings. The van der Waals surface area contributed by atoms with Gasteiger partial charge in [-0.1, -0.05) is 0 Å². The van der Waals surface area contributed by atoms with Gasteiger partial charge >= 0.3 is 0 Å². The van der Waals surface area contributed by atoms with Crippen molar-refractivity contribution in [2.45, 2.75) is 6.92 Å². The predicted octanol–water partition coefficient (Wildman–Crippen LogP) is 1.18. The predicted molar refractivity (Wildman–Crippen MR) is 58.1 cm³/mol. The second-order valence-corrected chi connectivity index (χ2v) is 3.16. The van der Waals surface area contributed by atoms with Crippen molar-refractivity contribution in [2.75, 3.05) is 25.2 Å². The number of likely N-dealkylation sites (N-methyl/N-ethyl adjacent to an activating group) is 1. The number of carbonyl (C=O) groups is 1. The zero-order valence-electron chi connectivity index (χ0n) is 9.24. The molecule has 0 aliphatic rings. The number of rotatable bonds is 4. The number of anilines is 1. The molecule has 0 radical (unpaired) electrons. The fourth-order valence-corrected chi connectivity index (χ4v) is 1.22. The maximum atomic E-state index is 13.4. The number of amides is 1. The standard InChI is InChI=1S/C11H14FNO3/c1-3-16-10-5-4-8(6-9(10)12)13(2)11(15)7-14/h4-6,14H,3,7H2,1-2H3. The molecule has 0 atom stereocenters. The Labute approximate surface area is 93.3 Å². The van der Waals surface area contributed by atoms with Crippen LogP contribution in [0.15, 0.2) is 18.2 Å². The van der Waals surface area contributed by atoms with E-state index in [9.17, 15) is 9.18 Å². The van der Waals surface area contributed by atoms with Crippen LogP contribution in [0.1, 0.15) is 6.92 Å². The number of halogens is 1. The Morgan fingerprint density at radius 3 is 2.75 bits per heavy atom. The molecule has 88 valence electrons. The molecule has 1 N–H and O–H groups in total. The number of carbonyl (C=O) groups excluding carboxylic acids is 1. The number of aliphatic hydroxyl groups excluding tert-OH is 1. The molecule has 0 saturated carbocycles. The summed E-state index contributed by atoms with van der Waals surface area (Å²) < 4.78 is 18.5. The molecule has 0 unspecified atom stereocenters. The summed E-state index contributed by atoms with van der Waals surface area (Å²) in [4.78, 5) is 12.3. The lowest BCUT2D eigenvalue weighted by Gasteiger charge is -2.16. The first-order chi connectivity index (χ1) is 7.60. The Morgan fingerprint density at radius 2 is 2.25 bits per heavy atom. The third-order valence-corrected chi connectivity index (χ3v) is 2.11. The van der Waals surface area contributed by atoms with Gasteiger partial charge in [0.25, 0.3) is 5.91 Å². The third kappa shape index (κ3) is 2.70. The highest BCUT2D eigenvalue weighted by atomic mass is 19.1. The van der Waals surface area contributed by atoms with Gasteiger partial charge in [-0.25, -0.2) is 4.39 Å². The van der Waals surface area contributed by atoms with Crippen LogP contribution in [0.25, 0.3) is 0 Å². The maximum absolute atomic E-state index is 13.4. The van der Waals surface area contributed by atoms with Crippen molar-refractivity contribution in [1.29, 1.82) is 0 Å². The average Bonchev–Trinajstić information content (AvgIpc) is 2.30. The summed E-state index contributed by atoms with van der Waals surface area (Å²) in [6.45, 7) is 1.53. The number of hydrogen-bond acceptors (Lipinski definition) is 3. The van der Waals surface area contributed by atoms with Crippen LogP contribution in [-0.2, 0) is 4.79 Å². The molecule has 1 amide bonds. The summed E-state index contributed by atoms with van der Waals surface area (Å²) in [5.41, 5.74) is 0.375. The summed E-state index contributed by atoms with van der Waals surface area (Å²) in [7, 11) is 1.47. The second kappa shape index (κ2) is 5.46. The third-order valence-electron chi connectivity index (χ3n) is 2.11. The van der Waals surface area contributed by atoms with Crippen LogP contribution in [0.3, 0.4) is 0 Å². The SMILES string of the molecule is CCOc1ccc(N(C)C(=O)CO)cc1F.